The monoisotopic (exact) mass is 955 g/mol. The Kier molecular flexibility index (Phi) is 8.88. The number of hydrogen-bond donors (Lipinski definition) is 0. The number of fused-ring (bicyclic) bond motifs is 4. The van der Waals surface area contributed by atoms with Crippen LogP contribution < -0.4 is 4.74 Å². The normalized spacial score (nSPS) is 11.5. The van der Waals surface area contributed by atoms with Crippen molar-refractivity contribution in [3.05, 3.63) is 209 Å². The molecule has 0 amide bonds. The number of rotatable bonds is 8. The molecule has 0 spiro atoms. The second-order valence-electron chi connectivity index (χ2n) is 14.2. The predicted molar refractivity (Wildman–Crippen MR) is 236 cm³/mol. The van der Waals surface area contributed by atoms with E-state index in [2.05, 4.69) is 214 Å². The molecule has 11 aromatic rings. The van der Waals surface area contributed by atoms with Gasteiger partial charge in [-0.05, 0) is 28.5 Å². The van der Waals surface area contributed by atoms with Crippen molar-refractivity contribution in [2.24, 2.45) is 0 Å². The molecule has 7 aromatic carbocycles. The van der Waals surface area contributed by atoms with Gasteiger partial charge in [-0.3, -0.25) is 0 Å². The molecule has 11 rings (SSSR count). The maximum atomic E-state index is 6.63. The summed E-state index contributed by atoms with van der Waals surface area (Å²) < 4.78 is 14.4. The third-order valence-electron chi connectivity index (χ3n) is 10.7. The summed E-state index contributed by atoms with van der Waals surface area (Å²) in [6.45, 7) is 0. The molecule has 0 N–H and O–H groups in total. The van der Waals surface area contributed by atoms with Crippen molar-refractivity contribution in [2.75, 3.05) is 0 Å². The topological polar surface area (TPSA) is 36.9 Å². The fourth-order valence-corrected chi connectivity index (χ4v) is 9.81. The van der Waals surface area contributed by atoms with Crippen LogP contribution in [0, 0.1) is 15.9 Å². The number of aromatic nitrogens is 4. The molecule has 284 valence electrons. The van der Waals surface area contributed by atoms with E-state index in [1.165, 1.54) is 5.56 Å². The van der Waals surface area contributed by atoms with Crippen LogP contribution >= 0.6 is 11.3 Å². The van der Waals surface area contributed by atoms with Crippen LogP contribution in [-0.2, 0) is 19.4 Å². The fraction of sp³-hybridized carbons (Fsp3) is 0. The number of imidazole rings is 1. The number of thiophene rings is 1. The minimum absolute atomic E-state index is 0.592. The van der Waals surface area contributed by atoms with Crippen molar-refractivity contribution >= 4 is 44.2 Å². The van der Waals surface area contributed by atoms with Crippen LogP contribution in [0.2, 0.25) is 0 Å². The van der Waals surface area contributed by atoms with E-state index in [1.54, 1.807) is 11.3 Å². The average Bonchev–Trinajstić information content (AvgIpc) is 4.02. The molecule has 5 nitrogen and oxygen atoms in total. The molecule has 4 heterocycles. The quantitative estimate of drug-likeness (QED) is 0.142. The van der Waals surface area contributed by atoms with Crippen molar-refractivity contribution < 1.29 is 24.1 Å². The second-order valence-corrected chi connectivity index (χ2v) is 16.0. The van der Waals surface area contributed by atoms with Crippen LogP contribution in [0.3, 0.4) is 0 Å². The van der Waals surface area contributed by atoms with Gasteiger partial charge in [-0.2, -0.15) is 11.3 Å². The Morgan fingerprint density at radius 2 is 1.15 bits per heavy atom. The molecule has 0 saturated heterocycles. The summed E-state index contributed by atoms with van der Waals surface area (Å²) in [4.78, 5) is 4.93. The van der Waals surface area contributed by atoms with E-state index in [0.29, 0.717) is 11.5 Å². The van der Waals surface area contributed by atoms with E-state index < -0.39 is 0 Å². The summed E-state index contributed by atoms with van der Waals surface area (Å²) in [6.07, 6.45) is 1.94. The van der Waals surface area contributed by atoms with Crippen LogP contribution in [0.25, 0.3) is 83.4 Å². The first kappa shape index (κ1) is 35.3. The van der Waals surface area contributed by atoms with Gasteiger partial charge in [0, 0.05) is 11.8 Å². The first-order valence-corrected chi connectivity index (χ1v) is 21.3. The zero-order valence-electron chi connectivity index (χ0n) is 31.4. The van der Waals surface area contributed by atoms with Gasteiger partial charge in [0.05, 0.1) is 0 Å². The van der Waals surface area contributed by atoms with Crippen LogP contribution in [0.4, 0.5) is 0 Å². The van der Waals surface area contributed by atoms with Crippen LogP contribution in [0.5, 0.6) is 11.5 Å². The number of hydrogen-bond acceptors (Lipinski definition) is 3. The molecule has 0 aliphatic carbocycles. The summed E-state index contributed by atoms with van der Waals surface area (Å²) in [5.41, 5.74) is 13.0. The Morgan fingerprint density at radius 1 is 0.492 bits per heavy atom. The van der Waals surface area contributed by atoms with E-state index in [0.717, 1.165) is 81.7 Å². The van der Waals surface area contributed by atoms with Gasteiger partial charge in [-0.25, -0.2) is 0 Å². The molecule has 59 heavy (non-hydrogen) atoms. The molecule has 0 atom stereocenters. The Hall–Kier alpha value is -6.85. The Balaban J connectivity index is 1.03. The van der Waals surface area contributed by atoms with Crippen molar-refractivity contribution in [2.45, 2.75) is 0 Å². The molecule has 0 radical (unpaired) electrons. The summed E-state index contributed by atoms with van der Waals surface area (Å²) in [6, 6.07) is 68.6. The Labute approximate surface area is 355 Å². The molecule has 0 fully saturated rings. The predicted octanol–water partition coefficient (Wildman–Crippen LogP) is 13.4. The van der Waals surface area contributed by atoms with Crippen LogP contribution in [0.15, 0.2) is 193 Å². The minimum atomic E-state index is 0.592. The fourth-order valence-electron chi connectivity index (χ4n) is 8.07. The van der Waals surface area contributed by atoms with Crippen molar-refractivity contribution in [1.29, 1.82) is 0 Å². The average molecular weight is 956 g/mol. The number of nitrogens with zero attached hydrogens (tertiary/aromatic N) is 4. The summed E-state index contributed by atoms with van der Waals surface area (Å²) in [7, 11) is 0. The first-order chi connectivity index (χ1) is 29.2. The van der Waals surface area contributed by atoms with Gasteiger partial charge in [0.25, 0.3) is 0 Å². The number of ether oxygens (including phenoxy) is 1. The van der Waals surface area contributed by atoms with Gasteiger partial charge in [-0.15, -0.1) is 0 Å². The van der Waals surface area contributed by atoms with E-state index in [1.807, 2.05) is 24.4 Å². The van der Waals surface area contributed by atoms with E-state index in [-0.39, 0.29) is 0 Å². The number of pyridine rings is 1. The van der Waals surface area contributed by atoms with Gasteiger partial charge >= 0.3 is 294 Å². The number of para-hydroxylation sites is 4. The first-order valence-electron chi connectivity index (χ1n) is 19.3. The summed E-state index contributed by atoms with van der Waals surface area (Å²) >= 11 is 4.15. The third-order valence-corrected chi connectivity index (χ3v) is 12.4. The number of benzene rings is 7. The molecule has 0 unspecified atom stereocenters. The van der Waals surface area contributed by atoms with Gasteiger partial charge in [0.2, 0.25) is 0 Å². The van der Waals surface area contributed by atoms with E-state index in [9.17, 15) is 0 Å². The zero-order valence-corrected chi connectivity index (χ0v) is 34.5. The molecule has 0 bridgehead atoms. The molecule has 7 heteroatoms. The molecule has 4 aromatic heterocycles. The van der Waals surface area contributed by atoms with E-state index in [4.69, 9.17) is 9.72 Å². The Bertz CT molecular complexity index is 3310. The van der Waals surface area contributed by atoms with Gasteiger partial charge < -0.3 is 0 Å². The van der Waals surface area contributed by atoms with Gasteiger partial charge in [0.15, 0.2) is 0 Å². The summed E-state index contributed by atoms with van der Waals surface area (Å²) in [5.74, 6) is 2.01. The van der Waals surface area contributed by atoms with E-state index >= 15 is 0 Å². The SMILES string of the molecule is [Pt]=[c]1n(-c2[c-]c(Oc3[c-]c4c(cc3)c3ccccc3n4-c3ccc(-c4ccsc4)cn3)ccc2)c2ccccc2n1-c1c(-c2ccccc2)cccc1-c1ccccc1. The standard InChI is InChI=1S/C52H32N4OS.Pt/c1-3-13-36(14-4-1)43-20-12-21-44(37-15-5-2-6-16-37)52(43)55-35-54(48-23-9-10-24-49(48)55)40-17-11-18-41(31-40)57-42-26-27-46-45-19-7-8-22-47(45)56(50(46)32-42)51-28-25-38(33-53-51)39-29-30-58-34-39;/h1-30,33-34H;/q-2;. The van der Waals surface area contributed by atoms with Crippen molar-refractivity contribution in [3.8, 4) is 62.1 Å². The third kappa shape index (κ3) is 6.20. The van der Waals surface area contributed by atoms with Crippen LogP contribution in [-0.4, -0.2) is 18.7 Å². The maximum absolute atomic E-state index is 6.63. The summed E-state index contributed by atoms with van der Waals surface area (Å²) in [5, 5.41) is 6.45. The van der Waals surface area contributed by atoms with Crippen LogP contribution in [0.1, 0.15) is 0 Å². The van der Waals surface area contributed by atoms with Gasteiger partial charge in [-0.1, -0.05) is 12.1 Å². The van der Waals surface area contributed by atoms with Crippen molar-refractivity contribution in [1.82, 2.24) is 18.7 Å². The molecular formula is C52H32N4OPtS-2. The Morgan fingerprint density at radius 3 is 1.85 bits per heavy atom. The molecular weight excluding hydrogens is 924 g/mol. The molecule has 0 aliphatic rings. The molecule has 0 aliphatic heterocycles. The molecule has 0 saturated carbocycles. The second kappa shape index (κ2) is 14.8. The van der Waals surface area contributed by atoms with Gasteiger partial charge in [0.1, 0.15) is 0 Å². The zero-order chi connectivity index (χ0) is 39.3. The van der Waals surface area contributed by atoms with Crippen molar-refractivity contribution in [3.63, 3.8) is 0 Å².